The average molecular weight is 475 g/mol. The van der Waals surface area contributed by atoms with Crippen molar-refractivity contribution >= 4 is 34.6 Å². The van der Waals surface area contributed by atoms with Gasteiger partial charge in [-0.05, 0) is 24.6 Å². The van der Waals surface area contributed by atoms with Gasteiger partial charge in [0.2, 0.25) is 11.8 Å². The van der Waals surface area contributed by atoms with Crippen LogP contribution in [0.1, 0.15) is 18.9 Å². The Bertz CT molecular complexity index is 1310. The van der Waals surface area contributed by atoms with Crippen molar-refractivity contribution in [3.8, 4) is 11.1 Å². The van der Waals surface area contributed by atoms with Crippen LogP contribution in [0.3, 0.4) is 0 Å². The number of nitrogens with one attached hydrogen (secondary N) is 2. The van der Waals surface area contributed by atoms with Crippen molar-refractivity contribution in [2.24, 2.45) is 5.10 Å². The van der Waals surface area contributed by atoms with Crippen molar-refractivity contribution in [2.45, 2.75) is 19.8 Å². The molecule has 0 fully saturated rings. The van der Waals surface area contributed by atoms with Crippen LogP contribution >= 0.6 is 0 Å². The Labute approximate surface area is 199 Å². The number of anilines is 1. The normalized spacial score (nSPS) is 10.9. The van der Waals surface area contributed by atoms with Gasteiger partial charge in [-0.15, -0.1) is 0 Å². The molecule has 2 N–H and O–H groups in total. The lowest BCUT2D eigenvalue weighted by Crippen LogP contribution is -2.23. The van der Waals surface area contributed by atoms with Crippen molar-refractivity contribution in [3.05, 3.63) is 98.6 Å². The molecule has 0 radical (unpaired) electrons. The van der Waals surface area contributed by atoms with E-state index in [1.807, 2.05) is 42.5 Å². The van der Waals surface area contributed by atoms with Crippen LogP contribution in [0.4, 0.5) is 17.1 Å². The van der Waals surface area contributed by atoms with E-state index in [0.717, 1.165) is 29.3 Å². The van der Waals surface area contributed by atoms with E-state index in [4.69, 9.17) is 0 Å². The molecule has 178 valence electrons. The van der Waals surface area contributed by atoms with Gasteiger partial charge in [-0.3, -0.25) is 29.8 Å². The molecule has 0 bridgehead atoms. The summed E-state index contributed by atoms with van der Waals surface area (Å²) in [5, 5.41) is 28.8. The van der Waals surface area contributed by atoms with E-state index in [1.54, 1.807) is 19.1 Å². The molecule has 2 amide bonds. The van der Waals surface area contributed by atoms with Crippen molar-refractivity contribution in [1.29, 1.82) is 0 Å². The highest BCUT2D eigenvalue weighted by Crippen LogP contribution is 2.28. The number of nitrogens with zero attached hydrogens (tertiary/aromatic N) is 3. The maximum atomic E-state index is 12.5. The number of rotatable bonds is 9. The van der Waals surface area contributed by atoms with E-state index in [-0.39, 0.29) is 17.9 Å². The van der Waals surface area contributed by atoms with Crippen LogP contribution in [0.15, 0.2) is 77.9 Å². The van der Waals surface area contributed by atoms with E-state index in [0.29, 0.717) is 11.4 Å². The predicted octanol–water partition coefficient (Wildman–Crippen LogP) is 4.23. The smallest absolute Gasteiger partial charge is 0.279 e. The standard InChI is InChI=1S/C24H21N5O6/c1-16(13-23(30)25-21-10-6-5-9-20(21)17-7-3-2-4-8-17)26-27-24(31)14-18-11-12-19(28(32)33)15-22(18)29(34)35/h2-12,15H,13-14H2,1H3,(H,25,30)(H,27,31)/b26-16+. The minimum Gasteiger partial charge on any atom is -0.325 e. The largest absolute Gasteiger partial charge is 0.325 e. The third-order valence-corrected chi connectivity index (χ3v) is 4.90. The van der Waals surface area contributed by atoms with Gasteiger partial charge in [-0.25, -0.2) is 5.43 Å². The number of carbonyl (C=O) groups excluding carboxylic acids is 2. The van der Waals surface area contributed by atoms with Gasteiger partial charge in [0.05, 0.1) is 28.8 Å². The number of non-ortho nitro benzene ring substituents is 1. The molecule has 0 aromatic heterocycles. The Kier molecular flexibility index (Phi) is 7.96. The summed E-state index contributed by atoms with van der Waals surface area (Å²) in [6.45, 7) is 1.55. The highest BCUT2D eigenvalue weighted by molar-refractivity contribution is 6.07. The Hall–Kier alpha value is -4.93. The molecule has 35 heavy (non-hydrogen) atoms. The molecular formula is C24H21N5O6. The van der Waals surface area contributed by atoms with Gasteiger partial charge >= 0.3 is 0 Å². The van der Waals surface area contributed by atoms with Crippen LogP contribution in [-0.4, -0.2) is 27.4 Å². The van der Waals surface area contributed by atoms with Gasteiger partial charge in [0.25, 0.3) is 11.4 Å². The maximum Gasteiger partial charge on any atom is 0.279 e. The lowest BCUT2D eigenvalue weighted by atomic mass is 10.0. The van der Waals surface area contributed by atoms with Gasteiger partial charge < -0.3 is 5.32 Å². The number of carbonyl (C=O) groups is 2. The minimum absolute atomic E-state index is 0.00113. The molecule has 0 heterocycles. The first-order valence-electron chi connectivity index (χ1n) is 10.4. The molecule has 0 unspecified atom stereocenters. The highest BCUT2D eigenvalue weighted by Gasteiger charge is 2.21. The van der Waals surface area contributed by atoms with E-state index in [1.165, 1.54) is 0 Å². The van der Waals surface area contributed by atoms with Crippen molar-refractivity contribution < 1.29 is 19.4 Å². The van der Waals surface area contributed by atoms with Gasteiger partial charge in [0.15, 0.2) is 0 Å². The molecule has 3 aromatic rings. The minimum atomic E-state index is -0.790. The number of nitro groups is 2. The van der Waals surface area contributed by atoms with Gasteiger partial charge in [0, 0.05) is 28.6 Å². The lowest BCUT2D eigenvalue weighted by molar-refractivity contribution is -0.394. The summed E-state index contributed by atoms with van der Waals surface area (Å²) < 4.78 is 0. The molecule has 0 atom stereocenters. The Morgan fingerprint density at radius 2 is 1.57 bits per heavy atom. The zero-order chi connectivity index (χ0) is 25.4. The summed E-state index contributed by atoms with van der Waals surface area (Å²) in [4.78, 5) is 45.2. The molecule has 3 rings (SSSR count). The average Bonchev–Trinajstić information content (AvgIpc) is 2.83. The van der Waals surface area contributed by atoms with Crippen molar-refractivity contribution in [1.82, 2.24) is 5.43 Å². The number of amides is 2. The van der Waals surface area contributed by atoms with Gasteiger partial charge in [-0.2, -0.15) is 5.10 Å². The van der Waals surface area contributed by atoms with Crippen LogP contribution in [0.2, 0.25) is 0 Å². The third kappa shape index (κ3) is 6.78. The lowest BCUT2D eigenvalue weighted by Gasteiger charge is -2.11. The number of benzene rings is 3. The van der Waals surface area contributed by atoms with Crippen LogP contribution in [0.25, 0.3) is 11.1 Å². The summed E-state index contributed by atoms with van der Waals surface area (Å²) in [5.41, 5.74) is 4.01. The molecule has 11 nitrogen and oxygen atoms in total. The molecule has 0 saturated carbocycles. The molecule has 0 aliphatic carbocycles. The predicted molar refractivity (Wildman–Crippen MR) is 130 cm³/mol. The number of hydrogen-bond acceptors (Lipinski definition) is 7. The molecule has 0 aliphatic rings. The molecule has 0 saturated heterocycles. The molecule has 3 aromatic carbocycles. The second kappa shape index (κ2) is 11.3. The van der Waals surface area contributed by atoms with E-state index in [2.05, 4.69) is 15.8 Å². The quantitative estimate of drug-likeness (QED) is 0.268. The zero-order valence-corrected chi connectivity index (χ0v) is 18.6. The van der Waals surface area contributed by atoms with Crippen LogP contribution in [0.5, 0.6) is 0 Å². The Morgan fingerprint density at radius 3 is 2.26 bits per heavy atom. The first-order valence-corrected chi connectivity index (χ1v) is 10.4. The summed E-state index contributed by atoms with van der Waals surface area (Å²) in [5.74, 6) is -1.01. The number of hydrazone groups is 1. The van der Waals surface area contributed by atoms with E-state index in [9.17, 15) is 29.8 Å². The van der Waals surface area contributed by atoms with Crippen molar-refractivity contribution in [3.63, 3.8) is 0 Å². The first-order chi connectivity index (χ1) is 16.7. The topological polar surface area (TPSA) is 157 Å². The summed E-state index contributed by atoms with van der Waals surface area (Å²) in [6, 6.07) is 20.0. The molecule has 0 spiro atoms. The summed E-state index contributed by atoms with van der Waals surface area (Å²) in [6.07, 6.45) is -0.511. The van der Waals surface area contributed by atoms with Gasteiger partial charge in [0.1, 0.15) is 0 Å². The van der Waals surface area contributed by atoms with E-state index >= 15 is 0 Å². The number of nitro benzene ring substituents is 2. The maximum absolute atomic E-state index is 12.5. The third-order valence-electron chi connectivity index (χ3n) is 4.90. The molecule has 0 aliphatic heterocycles. The summed E-state index contributed by atoms with van der Waals surface area (Å²) in [7, 11) is 0. The fourth-order valence-corrected chi connectivity index (χ4v) is 3.28. The fourth-order valence-electron chi connectivity index (χ4n) is 3.28. The first kappa shape index (κ1) is 24.7. The zero-order valence-electron chi connectivity index (χ0n) is 18.6. The fraction of sp³-hybridized carbons (Fsp3) is 0.125. The molecular weight excluding hydrogens is 454 g/mol. The van der Waals surface area contributed by atoms with Crippen LogP contribution < -0.4 is 10.7 Å². The molecule has 11 heteroatoms. The number of hydrogen-bond donors (Lipinski definition) is 2. The SMILES string of the molecule is C/C(CC(=O)Nc1ccccc1-c1ccccc1)=N\NC(=O)Cc1ccc([N+](=O)[O-])cc1[N+](=O)[O-]. The Balaban J connectivity index is 1.61. The van der Waals surface area contributed by atoms with Crippen molar-refractivity contribution in [2.75, 3.05) is 5.32 Å². The number of para-hydroxylation sites is 1. The second-order valence-corrected chi connectivity index (χ2v) is 7.52. The highest BCUT2D eigenvalue weighted by atomic mass is 16.6. The monoisotopic (exact) mass is 475 g/mol. The van der Waals surface area contributed by atoms with Gasteiger partial charge in [-0.1, -0.05) is 48.5 Å². The second-order valence-electron chi connectivity index (χ2n) is 7.52. The summed E-state index contributed by atoms with van der Waals surface area (Å²) >= 11 is 0. The van der Waals surface area contributed by atoms with Crippen LogP contribution in [-0.2, 0) is 16.0 Å². The van der Waals surface area contributed by atoms with E-state index < -0.39 is 33.5 Å². The van der Waals surface area contributed by atoms with Crippen LogP contribution in [0, 0.1) is 20.2 Å². The Morgan fingerprint density at radius 1 is 0.886 bits per heavy atom.